The Labute approximate surface area is 113 Å². The predicted octanol–water partition coefficient (Wildman–Crippen LogP) is 2.03. The molecule has 0 heterocycles. The minimum atomic E-state index is -0.427. The average molecular weight is 318 g/mol. The lowest BCUT2D eigenvalue weighted by Gasteiger charge is -2.10. The molecule has 0 radical (unpaired) electrons. The van der Waals surface area contributed by atoms with Crippen molar-refractivity contribution in [2.45, 2.75) is 6.92 Å². The Kier molecular flexibility index (Phi) is 5.37. The summed E-state index contributed by atoms with van der Waals surface area (Å²) >= 11 is 8.21. The van der Waals surface area contributed by atoms with Gasteiger partial charge in [0.15, 0.2) is 6.61 Å². The van der Waals surface area contributed by atoms with Gasteiger partial charge in [-0.25, -0.2) is 4.79 Å². The van der Waals surface area contributed by atoms with Crippen LogP contribution in [0.3, 0.4) is 0 Å². The van der Waals surface area contributed by atoms with E-state index in [2.05, 4.69) is 15.9 Å². The highest BCUT2D eigenvalue weighted by Crippen LogP contribution is 2.23. The molecule has 4 nitrogen and oxygen atoms in total. The molecule has 0 bridgehead atoms. The van der Waals surface area contributed by atoms with E-state index in [1.54, 1.807) is 25.1 Å². The highest BCUT2D eigenvalue weighted by Gasteiger charge is 2.09. The van der Waals surface area contributed by atoms with Crippen LogP contribution in [0.2, 0.25) is 0 Å². The van der Waals surface area contributed by atoms with Crippen LogP contribution >= 0.6 is 28.1 Å². The van der Waals surface area contributed by atoms with Gasteiger partial charge in [0.05, 0.1) is 12.2 Å². The molecule has 1 aromatic rings. The molecule has 1 rings (SSSR count). The number of esters is 1. The van der Waals surface area contributed by atoms with Crippen LogP contribution in [0.5, 0.6) is 5.75 Å². The van der Waals surface area contributed by atoms with Gasteiger partial charge < -0.3 is 15.2 Å². The van der Waals surface area contributed by atoms with Gasteiger partial charge in [-0.05, 0) is 25.1 Å². The number of nitrogens with two attached hydrogens (primary N) is 1. The molecule has 2 N–H and O–H groups in total. The number of thiocarbonyl (C=S) groups is 1. The van der Waals surface area contributed by atoms with Gasteiger partial charge in [0.1, 0.15) is 10.7 Å². The molecule has 1 aromatic carbocycles. The van der Waals surface area contributed by atoms with Crippen molar-refractivity contribution in [3.05, 3.63) is 28.2 Å². The molecule has 0 amide bonds. The van der Waals surface area contributed by atoms with Crippen molar-refractivity contribution in [3.8, 4) is 5.75 Å². The van der Waals surface area contributed by atoms with Crippen molar-refractivity contribution in [2.75, 3.05) is 13.2 Å². The van der Waals surface area contributed by atoms with Crippen LogP contribution in [0.4, 0.5) is 0 Å². The number of ether oxygens (including phenoxy) is 2. The van der Waals surface area contributed by atoms with Gasteiger partial charge in [-0.1, -0.05) is 28.1 Å². The molecule has 0 aliphatic heterocycles. The maximum absolute atomic E-state index is 11.1. The topological polar surface area (TPSA) is 61.5 Å². The van der Waals surface area contributed by atoms with Gasteiger partial charge in [-0.3, -0.25) is 0 Å². The second-order valence-electron chi connectivity index (χ2n) is 3.10. The third-order valence-electron chi connectivity index (χ3n) is 1.86. The lowest BCUT2D eigenvalue weighted by atomic mass is 10.2. The van der Waals surface area contributed by atoms with Gasteiger partial charge in [-0.2, -0.15) is 0 Å². The summed E-state index contributed by atoms with van der Waals surface area (Å²) in [5, 5.41) is 0. The van der Waals surface area contributed by atoms with E-state index in [1.165, 1.54) is 0 Å². The van der Waals surface area contributed by atoms with E-state index in [1.807, 2.05) is 0 Å². The van der Waals surface area contributed by atoms with Crippen LogP contribution < -0.4 is 10.5 Å². The second kappa shape index (κ2) is 6.56. The van der Waals surface area contributed by atoms with E-state index in [-0.39, 0.29) is 11.6 Å². The first-order chi connectivity index (χ1) is 8.04. The number of benzene rings is 1. The SMILES string of the molecule is CCOC(=O)COc1ccc(Br)cc1C(N)=S. The summed E-state index contributed by atoms with van der Waals surface area (Å²) in [4.78, 5) is 11.4. The van der Waals surface area contributed by atoms with Gasteiger partial charge >= 0.3 is 5.97 Å². The summed E-state index contributed by atoms with van der Waals surface area (Å²) < 4.78 is 10.9. The molecular formula is C11H12BrNO3S. The standard InChI is InChI=1S/C11H12BrNO3S/c1-2-15-10(14)6-16-9-4-3-7(12)5-8(9)11(13)17/h3-5H,2,6H2,1H3,(H2,13,17). The fourth-order valence-electron chi connectivity index (χ4n) is 1.16. The number of carbonyl (C=O) groups is 1. The van der Waals surface area contributed by atoms with Crippen molar-refractivity contribution < 1.29 is 14.3 Å². The van der Waals surface area contributed by atoms with E-state index in [9.17, 15) is 4.79 Å². The number of hydrogen-bond acceptors (Lipinski definition) is 4. The molecule has 0 aliphatic rings. The summed E-state index contributed by atoms with van der Waals surface area (Å²) in [5.74, 6) is 0.0399. The summed E-state index contributed by atoms with van der Waals surface area (Å²) in [6.07, 6.45) is 0. The summed E-state index contributed by atoms with van der Waals surface area (Å²) in [7, 11) is 0. The Morgan fingerprint density at radius 1 is 1.53 bits per heavy atom. The first-order valence-corrected chi connectivity index (χ1v) is 6.12. The lowest BCUT2D eigenvalue weighted by molar-refractivity contribution is -0.145. The van der Waals surface area contributed by atoms with Crippen LogP contribution in [-0.2, 0) is 9.53 Å². The minimum Gasteiger partial charge on any atom is -0.481 e. The highest BCUT2D eigenvalue weighted by atomic mass is 79.9. The summed E-state index contributed by atoms with van der Waals surface area (Å²) in [6.45, 7) is 1.90. The Morgan fingerprint density at radius 2 is 2.24 bits per heavy atom. The van der Waals surface area contributed by atoms with Crippen LogP contribution in [0.25, 0.3) is 0 Å². The minimum absolute atomic E-state index is 0.162. The summed E-state index contributed by atoms with van der Waals surface area (Å²) in [6, 6.07) is 5.21. The van der Waals surface area contributed by atoms with Crippen LogP contribution in [0, 0.1) is 0 Å². The van der Waals surface area contributed by atoms with Crippen molar-refractivity contribution in [3.63, 3.8) is 0 Å². The fraction of sp³-hybridized carbons (Fsp3) is 0.273. The summed E-state index contributed by atoms with van der Waals surface area (Å²) in [5.41, 5.74) is 6.15. The smallest absolute Gasteiger partial charge is 0.344 e. The van der Waals surface area contributed by atoms with Crippen LogP contribution in [-0.4, -0.2) is 24.2 Å². The largest absolute Gasteiger partial charge is 0.481 e. The Hall–Kier alpha value is -1.14. The van der Waals surface area contributed by atoms with Gasteiger partial charge in [0, 0.05) is 4.47 Å². The van der Waals surface area contributed by atoms with E-state index in [4.69, 9.17) is 27.4 Å². The third kappa shape index (κ3) is 4.32. The first kappa shape index (κ1) is 13.9. The highest BCUT2D eigenvalue weighted by molar-refractivity contribution is 9.10. The Bertz CT molecular complexity index is 437. The molecule has 0 aliphatic carbocycles. The zero-order chi connectivity index (χ0) is 12.8. The van der Waals surface area contributed by atoms with Gasteiger partial charge in [0.2, 0.25) is 0 Å². The van der Waals surface area contributed by atoms with Gasteiger partial charge in [0.25, 0.3) is 0 Å². The molecule has 0 saturated carbocycles. The number of hydrogen-bond donors (Lipinski definition) is 1. The number of halogens is 1. The molecule has 0 saturated heterocycles. The van der Waals surface area contributed by atoms with E-state index in [0.717, 1.165) is 4.47 Å². The van der Waals surface area contributed by atoms with Crippen molar-refractivity contribution in [1.82, 2.24) is 0 Å². The Balaban J connectivity index is 2.77. The monoisotopic (exact) mass is 317 g/mol. The van der Waals surface area contributed by atoms with Gasteiger partial charge in [-0.15, -0.1) is 0 Å². The number of carbonyl (C=O) groups excluding carboxylic acids is 1. The molecule has 0 atom stereocenters. The van der Waals surface area contributed by atoms with Crippen molar-refractivity contribution in [1.29, 1.82) is 0 Å². The third-order valence-corrected chi connectivity index (χ3v) is 2.57. The molecule has 0 unspecified atom stereocenters. The lowest BCUT2D eigenvalue weighted by Crippen LogP contribution is -2.17. The van der Waals surface area contributed by atoms with E-state index < -0.39 is 5.97 Å². The average Bonchev–Trinajstić information content (AvgIpc) is 2.27. The molecule has 0 aromatic heterocycles. The molecule has 6 heteroatoms. The molecule has 0 spiro atoms. The molecule has 92 valence electrons. The fourth-order valence-corrected chi connectivity index (χ4v) is 1.68. The van der Waals surface area contributed by atoms with Crippen LogP contribution in [0.1, 0.15) is 12.5 Å². The van der Waals surface area contributed by atoms with Crippen molar-refractivity contribution >= 4 is 39.1 Å². The normalized spacial score (nSPS) is 9.76. The maximum atomic E-state index is 11.1. The maximum Gasteiger partial charge on any atom is 0.344 e. The zero-order valence-corrected chi connectivity index (χ0v) is 11.6. The Morgan fingerprint density at radius 3 is 2.82 bits per heavy atom. The molecule has 0 fully saturated rings. The van der Waals surface area contributed by atoms with E-state index in [0.29, 0.717) is 17.9 Å². The second-order valence-corrected chi connectivity index (χ2v) is 4.45. The van der Waals surface area contributed by atoms with Crippen LogP contribution in [0.15, 0.2) is 22.7 Å². The zero-order valence-electron chi connectivity index (χ0n) is 9.23. The predicted molar refractivity (Wildman–Crippen MR) is 72.2 cm³/mol. The molecule has 17 heavy (non-hydrogen) atoms. The van der Waals surface area contributed by atoms with E-state index >= 15 is 0 Å². The molecular weight excluding hydrogens is 306 g/mol. The first-order valence-electron chi connectivity index (χ1n) is 4.92. The quantitative estimate of drug-likeness (QED) is 0.665. The number of rotatable bonds is 5. The van der Waals surface area contributed by atoms with Crippen molar-refractivity contribution in [2.24, 2.45) is 5.73 Å².